The molecule has 0 spiro atoms. The van der Waals surface area contributed by atoms with E-state index in [9.17, 15) is 9.18 Å². The van der Waals surface area contributed by atoms with E-state index in [1.807, 2.05) is 0 Å². The average Bonchev–Trinajstić information content (AvgIpc) is 2.66. The summed E-state index contributed by atoms with van der Waals surface area (Å²) in [7, 11) is 3.08. The number of ether oxygens (including phenoxy) is 3. The van der Waals surface area contributed by atoms with Gasteiger partial charge in [-0.1, -0.05) is 0 Å². The van der Waals surface area contributed by atoms with E-state index in [0.717, 1.165) is 0 Å². The number of fused-ring (bicyclic) bond motifs is 2. The summed E-state index contributed by atoms with van der Waals surface area (Å²) in [5.74, 6) is 1.77. The highest BCUT2D eigenvalue weighted by molar-refractivity contribution is 5.66. The molecular weight excluding hydrogens is 339 g/mol. The second-order valence-electron chi connectivity index (χ2n) is 5.80. The van der Waals surface area contributed by atoms with E-state index in [2.05, 4.69) is 9.97 Å². The number of nitrogens with one attached hydrogen (secondary N) is 1. The van der Waals surface area contributed by atoms with Crippen LogP contribution in [0.2, 0.25) is 0 Å². The number of hydrogen-bond acceptors (Lipinski definition) is 5. The van der Waals surface area contributed by atoms with E-state index in [1.165, 1.54) is 25.3 Å². The Morgan fingerprint density at radius 3 is 2.77 bits per heavy atom. The molecule has 0 saturated carbocycles. The molecule has 0 fully saturated rings. The minimum Gasteiger partial charge on any atom is -0.497 e. The molecular formula is C19H15FN2O4. The minimum atomic E-state index is -0.375. The third-order valence-corrected chi connectivity index (χ3v) is 4.24. The van der Waals surface area contributed by atoms with Gasteiger partial charge in [0, 0.05) is 18.1 Å². The molecule has 0 aliphatic carbocycles. The zero-order valence-corrected chi connectivity index (χ0v) is 14.1. The number of halogens is 1. The summed E-state index contributed by atoms with van der Waals surface area (Å²) >= 11 is 0. The molecule has 0 amide bonds. The molecule has 3 aromatic rings. The number of H-pyrrole nitrogens is 1. The molecule has 1 aliphatic rings. The monoisotopic (exact) mass is 354 g/mol. The molecule has 132 valence electrons. The fraction of sp³-hybridized carbons (Fsp3) is 0.158. The first kappa shape index (κ1) is 16.1. The predicted octanol–water partition coefficient (Wildman–Crippen LogP) is 3.29. The van der Waals surface area contributed by atoms with Gasteiger partial charge < -0.3 is 19.2 Å². The van der Waals surface area contributed by atoms with Gasteiger partial charge in [-0.25, -0.2) is 4.39 Å². The summed E-state index contributed by atoms with van der Waals surface area (Å²) in [5.41, 5.74) is 1.23. The number of methoxy groups -OCH3 is 2. The van der Waals surface area contributed by atoms with Crippen molar-refractivity contribution in [3.8, 4) is 34.5 Å². The third kappa shape index (κ3) is 2.67. The van der Waals surface area contributed by atoms with E-state index >= 15 is 0 Å². The van der Waals surface area contributed by atoms with Gasteiger partial charge in [0.15, 0.2) is 0 Å². The third-order valence-electron chi connectivity index (χ3n) is 4.24. The van der Waals surface area contributed by atoms with Crippen molar-refractivity contribution in [2.45, 2.75) is 6.42 Å². The van der Waals surface area contributed by atoms with Crippen LogP contribution in [0.15, 0.2) is 41.2 Å². The highest BCUT2D eigenvalue weighted by atomic mass is 19.1. The van der Waals surface area contributed by atoms with Crippen LogP contribution >= 0.6 is 0 Å². The first-order valence-electron chi connectivity index (χ1n) is 7.91. The summed E-state index contributed by atoms with van der Waals surface area (Å²) in [6, 6.07) is 9.39. The SMILES string of the molecule is COc1ccc(-c2nc3c(c(=O)[nH]2)Cc2cc(F)ccc2O3)c(OC)c1. The molecule has 26 heavy (non-hydrogen) atoms. The molecule has 6 nitrogen and oxygen atoms in total. The lowest BCUT2D eigenvalue weighted by atomic mass is 10.0. The maximum absolute atomic E-state index is 13.4. The molecule has 2 aromatic carbocycles. The molecule has 1 N–H and O–H groups in total. The molecule has 0 radical (unpaired) electrons. The number of hydrogen-bond donors (Lipinski definition) is 1. The zero-order chi connectivity index (χ0) is 18.3. The number of rotatable bonds is 3. The Bertz CT molecular complexity index is 1060. The van der Waals surface area contributed by atoms with Crippen molar-refractivity contribution >= 4 is 0 Å². The van der Waals surface area contributed by atoms with Crippen LogP contribution < -0.4 is 19.8 Å². The van der Waals surface area contributed by atoms with Gasteiger partial charge in [-0.05, 0) is 30.3 Å². The molecule has 2 heterocycles. The van der Waals surface area contributed by atoms with Crippen LogP contribution in [-0.4, -0.2) is 24.2 Å². The predicted molar refractivity (Wildman–Crippen MR) is 92.7 cm³/mol. The van der Waals surface area contributed by atoms with Crippen molar-refractivity contribution in [1.29, 1.82) is 0 Å². The highest BCUT2D eigenvalue weighted by Gasteiger charge is 2.23. The molecule has 7 heteroatoms. The Morgan fingerprint density at radius 1 is 1.15 bits per heavy atom. The molecule has 1 aliphatic heterocycles. The van der Waals surface area contributed by atoms with Crippen LogP contribution in [0.3, 0.4) is 0 Å². The van der Waals surface area contributed by atoms with Gasteiger partial charge in [0.05, 0.1) is 25.3 Å². The summed E-state index contributed by atoms with van der Waals surface area (Å²) in [4.78, 5) is 19.7. The Morgan fingerprint density at radius 2 is 2.00 bits per heavy atom. The van der Waals surface area contributed by atoms with Crippen LogP contribution in [-0.2, 0) is 6.42 Å². The summed E-state index contributed by atoms with van der Waals surface area (Å²) in [6.07, 6.45) is 0.255. The first-order chi connectivity index (χ1) is 12.6. The van der Waals surface area contributed by atoms with E-state index in [4.69, 9.17) is 14.2 Å². The summed E-state index contributed by atoms with van der Waals surface area (Å²) in [5, 5.41) is 0. The standard InChI is InChI=1S/C19H15FN2O4/c1-24-12-4-5-13(16(9-12)25-2)17-21-18(23)14-8-10-7-11(20)3-6-15(10)26-19(14)22-17/h3-7,9H,8H2,1-2H3,(H,21,22,23). The number of aromatic nitrogens is 2. The van der Waals surface area contributed by atoms with Crippen LogP contribution in [0.5, 0.6) is 23.1 Å². The lowest BCUT2D eigenvalue weighted by Gasteiger charge is -2.19. The van der Waals surface area contributed by atoms with Gasteiger partial charge in [-0.3, -0.25) is 4.79 Å². The van der Waals surface area contributed by atoms with Crippen molar-refractivity contribution in [1.82, 2.24) is 9.97 Å². The van der Waals surface area contributed by atoms with Gasteiger partial charge in [-0.15, -0.1) is 0 Å². The first-order valence-corrected chi connectivity index (χ1v) is 7.91. The minimum absolute atomic E-state index is 0.209. The maximum atomic E-state index is 13.4. The number of nitrogens with zero attached hydrogens (tertiary/aromatic N) is 1. The Balaban J connectivity index is 1.81. The molecule has 0 bridgehead atoms. The quantitative estimate of drug-likeness (QED) is 0.611. The van der Waals surface area contributed by atoms with E-state index in [1.54, 1.807) is 25.3 Å². The fourth-order valence-corrected chi connectivity index (χ4v) is 2.92. The van der Waals surface area contributed by atoms with Gasteiger partial charge in [0.1, 0.15) is 28.9 Å². The topological polar surface area (TPSA) is 73.4 Å². The maximum Gasteiger partial charge on any atom is 0.258 e. The van der Waals surface area contributed by atoms with Crippen LogP contribution in [0.1, 0.15) is 11.1 Å². The Labute approximate surface area is 148 Å². The number of aromatic amines is 1. The van der Waals surface area contributed by atoms with E-state index < -0.39 is 0 Å². The molecule has 1 aromatic heterocycles. The van der Waals surface area contributed by atoms with Gasteiger partial charge >= 0.3 is 0 Å². The molecule has 4 rings (SSSR count). The van der Waals surface area contributed by atoms with Crippen LogP contribution in [0.4, 0.5) is 4.39 Å². The lowest BCUT2D eigenvalue weighted by molar-refractivity contribution is 0.395. The largest absolute Gasteiger partial charge is 0.497 e. The zero-order valence-electron chi connectivity index (χ0n) is 14.1. The Kier molecular flexibility index (Phi) is 3.84. The van der Waals surface area contributed by atoms with Crippen molar-refractivity contribution in [3.05, 3.63) is 63.7 Å². The Hall–Kier alpha value is -3.35. The molecule has 0 atom stereocenters. The van der Waals surface area contributed by atoms with Gasteiger partial charge in [-0.2, -0.15) is 4.98 Å². The van der Waals surface area contributed by atoms with Crippen molar-refractivity contribution in [3.63, 3.8) is 0 Å². The highest BCUT2D eigenvalue weighted by Crippen LogP contribution is 2.36. The van der Waals surface area contributed by atoms with Crippen molar-refractivity contribution in [2.75, 3.05) is 14.2 Å². The van der Waals surface area contributed by atoms with Crippen LogP contribution in [0, 0.1) is 5.82 Å². The fourth-order valence-electron chi connectivity index (χ4n) is 2.92. The lowest BCUT2D eigenvalue weighted by Crippen LogP contribution is -2.20. The molecule has 0 unspecified atom stereocenters. The van der Waals surface area contributed by atoms with Gasteiger partial charge in [0.2, 0.25) is 5.88 Å². The summed E-state index contributed by atoms with van der Waals surface area (Å²) in [6.45, 7) is 0. The second-order valence-corrected chi connectivity index (χ2v) is 5.80. The average molecular weight is 354 g/mol. The number of benzene rings is 2. The van der Waals surface area contributed by atoms with Crippen LogP contribution in [0.25, 0.3) is 11.4 Å². The second kappa shape index (κ2) is 6.18. The van der Waals surface area contributed by atoms with Crippen molar-refractivity contribution < 1.29 is 18.6 Å². The smallest absolute Gasteiger partial charge is 0.258 e. The summed E-state index contributed by atoms with van der Waals surface area (Å²) < 4.78 is 29.7. The van der Waals surface area contributed by atoms with Gasteiger partial charge in [0.25, 0.3) is 5.56 Å². The van der Waals surface area contributed by atoms with Crippen molar-refractivity contribution in [2.24, 2.45) is 0 Å². The molecule has 0 saturated heterocycles. The van der Waals surface area contributed by atoms with E-state index in [-0.39, 0.29) is 23.7 Å². The normalized spacial score (nSPS) is 12.0. The van der Waals surface area contributed by atoms with E-state index in [0.29, 0.717) is 39.8 Å².